The molecule has 156 valence electrons. The Morgan fingerprint density at radius 1 is 1.07 bits per heavy atom. The minimum atomic E-state index is -0.0459. The number of aromatic nitrogens is 3. The van der Waals surface area contributed by atoms with Crippen LogP contribution in [0, 0.1) is 0 Å². The van der Waals surface area contributed by atoms with E-state index in [1.54, 1.807) is 7.11 Å². The number of nitrogens with one attached hydrogen (secondary N) is 1. The Bertz CT molecular complexity index is 967. The number of carbonyl (C=O) groups is 1. The summed E-state index contributed by atoms with van der Waals surface area (Å²) in [4.78, 5) is 12.4. The molecule has 2 aromatic carbocycles. The predicted molar refractivity (Wildman–Crippen MR) is 120 cm³/mol. The molecule has 1 amide bonds. The smallest absolute Gasteiger partial charge is 0.234 e. The highest BCUT2D eigenvalue weighted by Gasteiger charge is 2.24. The number of para-hydroxylation sites is 1. The van der Waals surface area contributed by atoms with E-state index >= 15 is 0 Å². The topological polar surface area (TPSA) is 69.0 Å². The minimum absolute atomic E-state index is 0.0459. The van der Waals surface area contributed by atoms with Crippen molar-refractivity contribution in [3.05, 3.63) is 54.6 Å². The zero-order valence-corrected chi connectivity index (χ0v) is 17.9. The average molecular weight is 423 g/mol. The van der Waals surface area contributed by atoms with Crippen molar-refractivity contribution >= 4 is 23.4 Å². The third-order valence-corrected chi connectivity index (χ3v) is 6.29. The Hall–Kier alpha value is -2.80. The lowest BCUT2D eigenvalue weighted by Gasteiger charge is -2.25. The van der Waals surface area contributed by atoms with E-state index in [9.17, 15) is 4.79 Å². The first kappa shape index (κ1) is 20.5. The van der Waals surface area contributed by atoms with Gasteiger partial charge in [0.1, 0.15) is 5.75 Å². The molecule has 3 aromatic rings. The highest BCUT2D eigenvalue weighted by Crippen LogP contribution is 2.36. The summed E-state index contributed by atoms with van der Waals surface area (Å²) < 4.78 is 7.52. The summed E-state index contributed by atoms with van der Waals surface area (Å²) in [6.45, 7) is 0. The second kappa shape index (κ2) is 9.80. The normalized spacial score (nSPS) is 14.4. The first-order valence-corrected chi connectivity index (χ1v) is 11.3. The van der Waals surface area contributed by atoms with Gasteiger partial charge in [0, 0.05) is 17.3 Å². The molecule has 0 atom stereocenters. The first-order chi connectivity index (χ1) is 14.7. The van der Waals surface area contributed by atoms with E-state index in [0.717, 1.165) is 40.8 Å². The van der Waals surface area contributed by atoms with E-state index in [2.05, 4.69) is 20.1 Å². The molecule has 1 N–H and O–H groups in total. The molecular formula is C23H26N4O2S. The van der Waals surface area contributed by atoms with E-state index in [-0.39, 0.29) is 5.91 Å². The van der Waals surface area contributed by atoms with Crippen LogP contribution in [0.2, 0.25) is 0 Å². The van der Waals surface area contributed by atoms with Crippen molar-refractivity contribution in [3.63, 3.8) is 0 Å². The van der Waals surface area contributed by atoms with Crippen molar-refractivity contribution in [1.82, 2.24) is 14.8 Å². The Morgan fingerprint density at radius 2 is 1.80 bits per heavy atom. The second-order valence-electron chi connectivity index (χ2n) is 7.40. The molecule has 30 heavy (non-hydrogen) atoms. The van der Waals surface area contributed by atoms with E-state index < -0.39 is 0 Å². The van der Waals surface area contributed by atoms with Gasteiger partial charge in [0.15, 0.2) is 11.0 Å². The number of ether oxygens (including phenoxy) is 1. The Kier molecular flexibility index (Phi) is 6.69. The van der Waals surface area contributed by atoms with E-state index in [1.807, 2.05) is 54.6 Å². The highest BCUT2D eigenvalue weighted by molar-refractivity contribution is 7.99. The van der Waals surface area contributed by atoms with Crippen LogP contribution in [0.25, 0.3) is 11.4 Å². The van der Waals surface area contributed by atoms with E-state index in [4.69, 9.17) is 4.74 Å². The molecule has 1 saturated carbocycles. The molecule has 6 nitrogen and oxygen atoms in total. The molecule has 0 radical (unpaired) electrons. The molecule has 1 heterocycles. The third-order valence-electron chi connectivity index (χ3n) is 5.34. The van der Waals surface area contributed by atoms with Gasteiger partial charge < -0.3 is 10.1 Å². The Balaban J connectivity index is 1.54. The lowest BCUT2D eigenvalue weighted by molar-refractivity contribution is -0.113. The molecule has 1 aliphatic carbocycles. The van der Waals surface area contributed by atoms with E-state index in [0.29, 0.717) is 11.8 Å². The molecular weight excluding hydrogens is 396 g/mol. The van der Waals surface area contributed by atoms with Gasteiger partial charge in [-0.05, 0) is 49.2 Å². The second-order valence-corrected chi connectivity index (χ2v) is 8.34. The number of amides is 1. The number of thioether (sulfide) groups is 1. The standard InChI is InChI=1S/C23H26N4O2S/c1-29-20-14-12-17(13-15-20)22-25-26-23(27(22)19-10-6-3-7-11-19)30-16-21(28)24-18-8-4-2-5-9-18/h2,4-5,8-9,12-15,19H,3,6-7,10-11,16H2,1H3,(H,24,28). The van der Waals surface area contributed by atoms with Gasteiger partial charge in [-0.2, -0.15) is 0 Å². The maximum absolute atomic E-state index is 12.4. The summed E-state index contributed by atoms with van der Waals surface area (Å²) >= 11 is 1.44. The maximum atomic E-state index is 12.4. The van der Waals surface area contributed by atoms with Crippen molar-refractivity contribution in [2.24, 2.45) is 0 Å². The first-order valence-electron chi connectivity index (χ1n) is 10.3. The Labute approximate surface area is 181 Å². The number of methoxy groups -OCH3 is 1. The van der Waals surface area contributed by atoms with Crippen LogP contribution in [-0.2, 0) is 4.79 Å². The maximum Gasteiger partial charge on any atom is 0.234 e. The molecule has 1 fully saturated rings. The Morgan fingerprint density at radius 3 is 2.50 bits per heavy atom. The van der Waals surface area contributed by atoms with E-state index in [1.165, 1.54) is 31.0 Å². The quantitative estimate of drug-likeness (QED) is 0.531. The number of anilines is 1. The number of rotatable bonds is 7. The number of nitrogens with zero attached hydrogens (tertiary/aromatic N) is 3. The van der Waals surface area contributed by atoms with Crippen LogP contribution in [0.3, 0.4) is 0 Å². The molecule has 1 aliphatic rings. The fourth-order valence-electron chi connectivity index (χ4n) is 3.83. The molecule has 7 heteroatoms. The molecule has 4 rings (SSSR count). The van der Waals surface area contributed by atoms with Gasteiger partial charge in [-0.3, -0.25) is 9.36 Å². The van der Waals surface area contributed by atoms with Crippen LogP contribution < -0.4 is 10.1 Å². The molecule has 0 saturated heterocycles. The monoisotopic (exact) mass is 422 g/mol. The van der Waals surface area contributed by atoms with Gasteiger partial charge in [0.2, 0.25) is 5.91 Å². The summed E-state index contributed by atoms with van der Waals surface area (Å²) in [7, 11) is 1.66. The van der Waals surface area contributed by atoms with Gasteiger partial charge in [-0.1, -0.05) is 49.2 Å². The van der Waals surface area contributed by atoms with Gasteiger partial charge in [0.05, 0.1) is 12.9 Å². The summed E-state index contributed by atoms with van der Waals surface area (Å²) in [5.41, 5.74) is 1.81. The fraction of sp³-hybridized carbons (Fsp3) is 0.348. The zero-order valence-electron chi connectivity index (χ0n) is 17.1. The number of carbonyl (C=O) groups excluding carboxylic acids is 1. The minimum Gasteiger partial charge on any atom is -0.497 e. The van der Waals surface area contributed by atoms with Crippen molar-refractivity contribution < 1.29 is 9.53 Å². The van der Waals surface area contributed by atoms with Crippen LogP contribution in [0.4, 0.5) is 5.69 Å². The lowest BCUT2D eigenvalue weighted by Crippen LogP contribution is -2.17. The number of hydrogen-bond donors (Lipinski definition) is 1. The van der Waals surface area contributed by atoms with Crippen LogP contribution in [0.5, 0.6) is 5.75 Å². The van der Waals surface area contributed by atoms with Gasteiger partial charge in [0.25, 0.3) is 0 Å². The molecule has 0 bridgehead atoms. The van der Waals surface area contributed by atoms with Crippen LogP contribution >= 0.6 is 11.8 Å². The van der Waals surface area contributed by atoms with Gasteiger partial charge >= 0.3 is 0 Å². The highest BCUT2D eigenvalue weighted by atomic mass is 32.2. The van der Waals surface area contributed by atoms with Crippen molar-refractivity contribution in [2.45, 2.75) is 43.3 Å². The van der Waals surface area contributed by atoms with Crippen LogP contribution in [0.1, 0.15) is 38.1 Å². The number of benzene rings is 2. The summed E-state index contributed by atoms with van der Waals surface area (Å²) in [5.74, 6) is 1.92. The summed E-state index contributed by atoms with van der Waals surface area (Å²) in [5, 5.41) is 12.7. The number of hydrogen-bond acceptors (Lipinski definition) is 5. The fourth-order valence-corrected chi connectivity index (χ4v) is 4.63. The SMILES string of the molecule is COc1ccc(-c2nnc(SCC(=O)Nc3ccccc3)n2C2CCCCC2)cc1. The largest absolute Gasteiger partial charge is 0.497 e. The van der Waals surface area contributed by atoms with Crippen molar-refractivity contribution in [3.8, 4) is 17.1 Å². The zero-order chi connectivity index (χ0) is 20.8. The van der Waals surface area contributed by atoms with Gasteiger partial charge in [-0.25, -0.2) is 0 Å². The van der Waals surface area contributed by atoms with Crippen LogP contribution in [-0.4, -0.2) is 33.5 Å². The lowest BCUT2D eigenvalue weighted by atomic mass is 9.95. The summed E-state index contributed by atoms with van der Waals surface area (Å²) in [6, 6.07) is 17.8. The van der Waals surface area contributed by atoms with Crippen molar-refractivity contribution in [1.29, 1.82) is 0 Å². The van der Waals surface area contributed by atoms with Gasteiger partial charge in [-0.15, -0.1) is 10.2 Å². The summed E-state index contributed by atoms with van der Waals surface area (Å²) in [6.07, 6.45) is 5.93. The van der Waals surface area contributed by atoms with Crippen LogP contribution in [0.15, 0.2) is 59.8 Å². The average Bonchev–Trinajstić information content (AvgIpc) is 3.23. The molecule has 0 unspecified atom stereocenters. The van der Waals surface area contributed by atoms with Crippen molar-refractivity contribution in [2.75, 3.05) is 18.2 Å². The molecule has 1 aromatic heterocycles. The molecule has 0 spiro atoms. The molecule has 0 aliphatic heterocycles. The third kappa shape index (κ3) is 4.84. The predicted octanol–water partition coefficient (Wildman–Crippen LogP) is 5.19.